The number of carbonyl (C=O) groups is 1. The summed E-state index contributed by atoms with van der Waals surface area (Å²) in [6.07, 6.45) is 0.718. The van der Waals surface area contributed by atoms with Crippen LogP contribution in [0.1, 0.15) is 25.1 Å². The molecule has 0 bridgehead atoms. The largest absolute Gasteiger partial charge is 0.334 e. The Balaban J connectivity index is 1.86. The lowest BCUT2D eigenvalue weighted by Gasteiger charge is -2.12. The third-order valence-corrected chi connectivity index (χ3v) is 6.18. The molecule has 0 saturated heterocycles. The van der Waals surface area contributed by atoms with Gasteiger partial charge >= 0.3 is 0 Å². The minimum absolute atomic E-state index is 0.120. The molecule has 1 atom stereocenters. The molecule has 1 aromatic heterocycles. The van der Waals surface area contributed by atoms with Crippen LogP contribution < -0.4 is 15.4 Å². The summed E-state index contributed by atoms with van der Waals surface area (Å²) >= 11 is 1.66. The highest BCUT2D eigenvalue weighted by atomic mass is 32.2. The molecule has 1 heterocycles. The Morgan fingerprint density at radius 1 is 1.24 bits per heavy atom. The van der Waals surface area contributed by atoms with Gasteiger partial charge in [0.1, 0.15) is 6.54 Å². The van der Waals surface area contributed by atoms with Gasteiger partial charge in [-0.3, -0.25) is 4.79 Å². The number of hydrogen-bond donors (Lipinski definition) is 3. The van der Waals surface area contributed by atoms with E-state index in [-0.39, 0.29) is 16.8 Å². The molecule has 0 fully saturated rings. The maximum atomic E-state index is 12.2. The fourth-order valence-electron chi connectivity index (χ4n) is 2.12. The number of benzene rings is 1. The Kier molecular flexibility index (Phi) is 7.12. The molecule has 0 aliphatic heterocycles. The van der Waals surface area contributed by atoms with Gasteiger partial charge in [-0.25, -0.2) is 13.1 Å². The number of rotatable bonds is 9. The third-order valence-electron chi connectivity index (χ3n) is 3.67. The lowest BCUT2D eigenvalue weighted by atomic mass is 10.3. The van der Waals surface area contributed by atoms with Crippen molar-refractivity contribution in [1.82, 2.24) is 4.72 Å². The van der Waals surface area contributed by atoms with E-state index in [1.54, 1.807) is 23.5 Å². The number of thiophene rings is 1. The van der Waals surface area contributed by atoms with Gasteiger partial charge in [-0.2, -0.15) is 0 Å². The van der Waals surface area contributed by atoms with Crippen LogP contribution in [0.5, 0.6) is 0 Å². The van der Waals surface area contributed by atoms with Crippen molar-refractivity contribution in [1.29, 1.82) is 0 Å². The minimum Gasteiger partial charge on any atom is -0.334 e. The smallest absolute Gasteiger partial charge is 0.279 e. The summed E-state index contributed by atoms with van der Waals surface area (Å²) in [6, 6.07) is 10.1. The van der Waals surface area contributed by atoms with Crippen LogP contribution in [0.25, 0.3) is 0 Å². The Morgan fingerprint density at radius 3 is 2.56 bits per heavy atom. The molecule has 0 aliphatic carbocycles. The predicted molar refractivity (Wildman–Crippen MR) is 100.0 cm³/mol. The van der Waals surface area contributed by atoms with E-state index in [1.807, 2.05) is 36.7 Å². The van der Waals surface area contributed by atoms with E-state index in [4.69, 9.17) is 0 Å². The van der Waals surface area contributed by atoms with Gasteiger partial charge in [-0.05, 0) is 49.1 Å². The number of anilines is 1. The van der Waals surface area contributed by atoms with Gasteiger partial charge in [-0.1, -0.05) is 13.0 Å². The van der Waals surface area contributed by atoms with Crippen molar-refractivity contribution in [3.8, 4) is 0 Å². The maximum absolute atomic E-state index is 12.2. The molecular formula is C17H24N3O3S2+. The molecule has 2 aromatic rings. The van der Waals surface area contributed by atoms with E-state index in [0.717, 1.165) is 13.0 Å². The summed E-state index contributed by atoms with van der Waals surface area (Å²) in [7, 11) is -3.52. The van der Waals surface area contributed by atoms with Gasteiger partial charge in [0.25, 0.3) is 5.91 Å². The highest BCUT2D eigenvalue weighted by Crippen LogP contribution is 2.14. The minimum atomic E-state index is -3.52. The topological polar surface area (TPSA) is 91.9 Å². The zero-order valence-corrected chi connectivity index (χ0v) is 16.0. The van der Waals surface area contributed by atoms with E-state index in [1.165, 1.54) is 17.0 Å². The normalized spacial score (nSPS) is 12.7. The summed E-state index contributed by atoms with van der Waals surface area (Å²) in [5, 5.41) is 6.71. The number of sulfonamides is 1. The van der Waals surface area contributed by atoms with Crippen molar-refractivity contribution in [3.63, 3.8) is 0 Å². The number of hydrogen-bond acceptors (Lipinski definition) is 4. The second kappa shape index (κ2) is 9.10. The number of nitrogens with one attached hydrogen (secondary N) is 2. The summed E-state index contributed by atoms with van der Waals surface area (Å²) in [6.45, 7) is 4.82. The van der Waals surface area contributed by atoms with Crippen molar-refractivity contribution in [2.24, 2.45) is 0 Å². The average Bonchev–Trinajstić information content (AvgIpc) is 3.08. The Labute approximate surface area is 152 Å². The zero-order valence-electron chi connectivity index (χ0n) is 14.4. The molecule has 1 amide bonds. The summed E-state index contributed by atoms with van der Waals surface area (Å²) in [5.74, 6) is -0.120. The predicted octanol–water partition coefficient (Wildman–Crippen LogP) is 1.53. The van der Waals surface area contributed by atoms with Gasteiger partial charge in [0.15, 0.2) is 6.54 Å². The summed E-state index contributed by atoms with van der Waals surface area (Å²) < 4.78 is 27.0. The SMILES string of the molecule is CC[C@H](C)NS(=O)(=O)c1ccc(NC(=O)C[NH2+]Cc2cccs2)cc1. The van der Waals surface area contributed by atoms with E-state index >= 15 is 0 Å². The standard InChI is InChI=1S/C17H23N3O3S2/c1-3-13(2)20-25(22,23)16-8-6-14(7-9-16)19-17(21)12-18-11-15-5-4-10-24-15/h4-10,13,18,20H,3,11-12H2,1-2H3,(H,19,21)/p+1/t13-/m0/s1. The molecule has 25 heavy (non-hydrogen) atoms. The van der Waals surface area contributed by atoms with E-state index in [2.05, 4.69) is 10.0 Å². The zero-order chi connectivity index (χ0) is 18.3. The highest BCUT2D eigenvalue weighted by Gasteiger charge is 2.16. The van der Waals surface area contributed by atoms with Crippen LogP contribution in [0.4, 0.5) is 5.69 Å². The van der Waals surface area contributed by atoms with Crippen molar-refractivity contribution in [2.75, 3.05) is 11.9 Å². The second-order valence-electron chi connectivity index (χ2n) is 5.78. The summed E-state index contributed by atoms with van der Waals surface area (Å²) in [4.78, 5) is 13.3. The van der Waals surface area contributed by atoms with Crippen LogP contribution in [0, 0.1) is 0 Å². The van der Waals surface area contributed by atoms with Crippen molar-refractivity contribution < 1.29 is 18.5 Å². The lowest BCUT2D eigenvalue weighted by Crippen LogP contribution is -2.84. The molecule has 1 aromatic carbocycles. The molecule has 0 spiro atoms. The van der Waals surface area contributed by atoms with Crippen molar-refractivity contribution in [2.45, 2.75) is 37.8 Å². The Morgan fingerprint density at radius 2 is 1.96 bits per heavy atom. The molecule has 8 heteroatoms. The molecule has 136 valence electrons. The first-order chi connectivity index (χ1) is 11.9. The van der Waals surface area contributed by atoms with E-state index < -0.39 is 10.0 Å². The fraction of sp³-hybridized carbons (Fsp3) is 0.353. The Hall–Kier alpha value is -1.74. The summed E-state index contributed by atoms with van der Waals surface area (Å²) in [5.41, 5.74) is 0.581. The molecule has 0 saturated carbocycles. The number of quaternary nitrogens is 1. The highest BCUT2D eigenvalue weighted by molar-refractivity contribution is 7.89. The van der Waals surface area contributed by atoms with Crippen molar-refractivity contribution in [3.05, 3.63) is 46.7 Å². The quantitative estimate of drug-likeness (QED) is 0.614. The van der Waals surface area contributed by atoms with Crippen LogP contribution in [0.2, 0.25) is 0 Å². The van der Waals surface area contributed by atoms with Crippen LogP contribution in [0.3, 0.4) is 0 Å². The molecule has 0 aliphatic rings. The molecule has 6 nitrogen and oxygen atoms in total. The molecule has 0 unspecified atom stereocenters. The monoisotopic (exact) mass is 382 g/mol. The molecule has 2 rings (SSSR count). The Bertz CT molecular complexity index is 772. The van der Waals surface area contributed by atoms with Gasteiger partial charge in [0.05, 0.1) is 9.77 Å². The van der Waals surface area contributed by atoms with Crippen LogP contribution >= 0.6 is 11.3 Å². The first kappa shape index (κ1) is 19.6. The molecule has 4 N–H and O–H groups in total. The lowest BCUT2D eigenvalue weighted by molar-refractivity contribution is -0.659. The fourth-order valence-corrected chi connectivity index (χ4v) is 4.15. The van der Waals surface area contributed by atoms with Gasteiger partial charge < -0.3 is 10.6 Å². The molecular weight excluding hydrogens is 358 g/mol. The first-order valence-corrected chi connectivity index (χ1v) is 10.5. The van der Waals surface area contributed by atoms with E-state index in [0.29, 0.717) is 12.2 Å². The van der Waals surface area contributed by atoms with Crippen LogP contribution in [-0.4, -0.2) is 26.9 Å². The molecule has 0 radical (unpaired) electrons. The number of amides is 1. The van der Waals surface area contributed by atoms with Crippen LogP contribution in [0.15, 0.2) is 46.7 Å². The first-order valence-electron chi connectivity index (χ1n) is 8.17. The van der Waals surface area contributed by atoms with E-state index in [9.17, 15) is 13.2 Å². The third kappa shape index (κ3) is 6.24. The number of carbonyl (C=O) groups excluding carboxylic acids is 1. The van der Waals surface area contributed by atoms with Gasteiger partial charge in [0, 0.05) is 11.7 Å². The van der Waals surface area contributed by atoms with Gasteiger partial charge in [-0.15, -0.1) is 11.3 Å². The van der Waals surface area contributed by atoms with Crippen molar-refractivity contribution >= 4 is 33.0 Å². The van der Waals surface area contributed by atoms with Crippen LogP contribution in [-0.2, 0) is 21.4 Å². The maximum Gasteiger partial charge on any atom is 0.279 e. The average molecular weight is 383 g/mol. The second-order valence-corrected chi connectivity index (χ2v) is 8.53. The number of nitrogens with two attached hydrogens (primary N) is 1. The van der Waals surface area contributed by atoms with Gasteiger partial charge in [0.2, 0.25) is 10.0 Å².